The maximum atomic E-state index is 6.26. The number of ether oxygens (including phenoxy) is 1. The van der Waals surface area contributed by atoms with Gasteiger partial charge in [0.2, 0.25) is 0 Å². The molecular weight excluding hydrogens is 364 g/mol. The molecule has 130 valence electrons. The highest BCUT2D eigenvalue weighted by Gasteiger charge is 2.03. The molecule has 5 heteroatoms. The zero-order chi connectivity index (χ0) is 17.9. The standard InChI is InChI=1S/C21H17ClN2OS/c1-2-25-16-11-9-15(10-12-16)14-20-19-8-5-13-24(19)21(26-20)23-18-7-4-3-6-17(18)22/h3-14H,2H2,1H3/b20-14-,23-21?. The first-order valence-corrected chi connectivity index (χ1v) is 9.58. The van der Waals surface area contributed by atoms with Crippen LogP contribution in [0.1, 0.15) is 12.5 Å². The van der Waals surface area contributed by atoms with Crippen LogP contribution in [-0.4, -0.2) is 11.0 Å². The highest BCUT2D eigenvalue weighted by atomic mass is 35.5. The summed E-state index contributed by atoms with van der Waals surface area (Å²) in [4.78, 5) is 5.65. The van der Waals surface area contributed by atoms with Gasteiger partial charge in [0.05, 0.1) is 27.4 Å². The summed E-state index contributed by atoms with van der Waals surface area (Å²) in [5.41, 5.74) is 3.04. The molecule has 0 saturated heterocycles. The molecule has 0 radical (unpaired) electrons. The fourth-order valence-electron chi connectivity index (χ4n) is 2.75. The van der Waals surface area contributed by atoms with Gasteiger partial charge in [-0.25, -0.2) is 4.99 Å². The maximum Gasteiger partial charge on any atom is 0.195 e. The summed E-state index contributed by atoms with van der Waals surface area (Å²) >= 11 is 7.90. The van der Waals surface area contributed by atoms with E-state index in [1.165, 1.54) is 0 Å². The molecule has 0 fully saturated rings. The molecule has 0 bridgehead atoms. The Morgan fingerprint density at radius 3 is 2.65 bits per heavy atom. The van der Waals surface area contributed by atoms with E-state index in [9.17, 15) is 0 Å². The first-order valence-electron chi connectivity index (χ1n) is 8.38. The molecule has 26 heavy (non-hydrogen) atoms. The molecule has 0 aliphatic carbocycles. The molecule has 3 nitrogen and oxygen atoms in total. The molecule has 2 aromatic heterocycles. The normalized spacial score (nSPS) is 12.8. The van der Waals surface area contributed by atoms with Crippen LogP contribution in [0.4, 0.5) is 5.69 Å². The minimum Gasteiger partial charge on any atom is -0.494 e. The molecular formula is C21H17ClN2OS. The van der Waals surface area contributed by atoms with Gasteiger partial charge in [-0.1, -0.05) is 47.2 Å². The van der Waals surface area contributed by atoms with Crippen LogP contribution >= 0.6 is 22.9 Å². The number of nitrogens with zero attached hydrogens (tertiary/aromatic N) is 2. The average Bonchev–Trinajstić information content (AvgIpc) is 3.24. The zero-order valence-electron chi connectivity index (χ0n) is 14.2. The first-order chi connectivity index (χ1) is 12.7. The summed E-state index contributed by atoms with van der Waals surface area (Å²) in [6.45, 7) is 2.66. The van der Waals surface area contributed by atoms with Gasteiger partial charge in [-0.05, 0) is 55.0 Å². The lowest BCUT2D eigenvalue weighted by atomic mass is 10.2. The van der Waals surface area contributed by atoms with Crippen molar-refractivity contribution in [1.29, 1.82) is 0 Å². The Morgan fingerprint density at radius 2 is 1.88 bits per heavy atom. The van der Waals surface area contributed by atoms with E-state index >= 15 is 0 Å². The van der Waals surface area contributed by atoms with Gasteiger partial charge >= 0.3 is 0 Å². The number of para-hydroxylation sites is 1. The van der Waals surface area contributed by atoms with Crippen LogP contribution in [-0.2, 0) is 0 Å². The van der Waals surface area contributed by atoms with E-state index < -0.39 is 0 Å². The molecule has 0 spiro atoms. The Balaban J connectivity index is 1.82. The Labute approximate surface area is 160 Å². The van der Waals surface area contributed by atoms with Crippen LogP contribution in [0.3, 0.4) is 0 Å². The predicted octanol–water partition coefficient (Wildman–Crippen LogP) is 4.83. The number of fused-ring (bicyclic) bond motifs is 1. The van der Waals surface area contributed by atoms with Crippen molar-refractivity contribution < 1.29 is 4.74 Å². The molecule has 2 aromatic carbocycles. The smallest absolute Gasteiger partial charge is 0.195 e. The third-order valence-corrected chi connectivity index (χ3v) is 5.30. The van der Waals surface area contributed by atoms with Crippen molar-refractivity contribution in [2.24, 2.45) is 4.99 Å². The predicted molar refractivity (Wildman–Crippen MR) is 108 cm³/mol. The molecule has 4 aromatic rings. The lowest BCUT2D eigenvalue weighted by Gasteiger charge is -2.01. The summed E-state index contributed by atoms with van der Waals surface area (Å²) in [6, 6.07) is 19.9. The van der Waals surface area contributed by atoms with E-state index in [-0.39, 0.29) is 0 Å². The summed E-state index contributed by atoms with van der Waals surface area (Å²) in [6.07, 6.45) is 4.19. The Bertz CT molecular complexity index is 1160. The van der Waals surface area contributed by atoms with Gasteiger partial charge in [0.15, 0.2) is 4.80 Å². The topological polar surface area (TPSA) is 26.0 Å². The summed E-state index contributed by atoms with van der Waals surface area (Å²) in [5.74, 6) is 0.887. The molecule has 0 aliphatic heterocycles. The van der Waals surface area contributed by atoms with Gasteiger partial charge < -0.3 is 4.74 Å². The van der Waals surface area contributed by atoms with Crippen LogP contribution in [0.25, 0.3) is 11.6 Å². The maximum absolute atomic E-state index is 6.26. The van der Waals surface area contributed by atoms with Gasteiger partial charge in [-0.3, -0.25) is 4.40 Å². The van der Waals surface area contributed by atoms with E-state index in [4.69, 9.17) is 21.3 Å². The van der Waals surface area contributed by atoms with Crippen molar-refractivity contribution in [2.45, 2.75) is 6.92 Å². The second-order valence-corrected chi connectivity index (χ2v) is 7.14. The molecule has 2 heterocycles. The number of thiazole rings is 1. The molecule has 0 aliphatic rings. The Hall–Kier alpha value is -2.56. The highest BCUT2D eigenvalue weighted by molar-refractivity contribution is 7.07. The highest BCUT2D eigenvalue weighted by Crippen LogP contribution is 2.23. The third kappa shape index (κ3) is 3.39. The lowest BCUT2D eigenvalue weighted by molar-refractivity contribution is 0.340. The van der Waals surface area contributed by atoms with E-state index in [1.54, 1.807) is 11.3 Å². The van der Waals surface area contributed by atoms with Crippen LogP contribution in [0.15, 0.2) is 71.9 Å². The van der Waals surface area contributed by atoms with Gasteiger partial charge in [0.25, 0.3) is 0 Å². The lowest BCUT2D eigenvalue weighted by Crippen LogP contribution is -2.02. The zero-order valence-corrected chi connectivity index (χ0v) is 15.8. The Kier molecular flexibility index (Phi) is 4.78. The van der Waals surface area contributed by atoms with Crippen molar-refractivity contribution in [1.82, 2.24) is 4.40 Å². The van der Waals surface area contributed by atoms with Gasteiger partial charge in [0.1, 0.15) is 5.75 Å². The number of halogens is 1. The second kappa shape index (κ2) is 7.36. The van der Waals surface area contributed by atoms with Crippen molar-refractivity contribution in [3.05, 3.63) is 86.8 Å². The van der Waals surface area contributed by atoms with Crippen molar-refractivity contribution in [2.75, 3.05) is 6.61 Å². The quantitative estimate of drug-likeness (QED) is 0.497. The van der Waals surface area contributed by atoms with Gasteiger partial charge in [0, 0.05) is 6.20 Å². The minimum atomic E-state index is 0.651. The monoisotopic (exact) mass is 380 g/mol. The SMILES string of the molecule is CCOc1ccc(/C=c2\sc(=Nc3ccccc3Cl)n3cccc23)cc1. The van der Waals surface area contributed by atoms with Crippen LogP contribution in [0, 0.1) is 0 Å². The number of rotatable bonds is 4. The Morgan fingerprint density at radius 1 is 1.08 bits per heavy atom. The fourth-order valence-corrected chi connectivity index (χ4v) is 3.99. The van der Waals surface area contributed by atoms with Crippen LogP contribution in [0.2, 0.25) is 5.02 Å². The molecule has 4 rings (SSSR count). The van der Waals surface area contributed by atoms with Crippen molar-refractivity contribution in [3.63, 3.8) is 0 Å². The summed E-state index contributed by atoms with van der Waals surface area (Å²) in [5, 5.41) is 0.651. The summed E-state index contributed by atoms with van der Waals surface area (Å²) < 4.78 is 8.76. The molecule has 0 N–H and O–H groups in total. The number of hydrogen-bond donors (Lipinski definition) is 0. The van der Waals surface area contributed by atoms with E-state index in [2.05, 4.69) is 28.7 Å². The van der Waals surface area contributed by atoms with Crippen molar-refractivity contribution >= 4 is 40.2 Å². The first kappa shape index (κ1) is 16.9. The van der Waals surface area contributed by atoms with E-state index in [1.807, 2.05) is 55.6 Å². The average molecular weight is 381 g/mol. The largest absolute Gasteiger partial charge is 0.494 e. The van der Waals surface area contributed by atoms with E-state index in [0.717, 1.165) is 31.9 Å². The molecule has 0 amide bonds. The number of hydrogen-bond acceptors (Lipinski definition) is 3. The molecule has 0 saturated carbocycles. The third-order valence-electron chi connectivity index (χ3n) is 3.97. The summed E-state index contributed by atoms with van der Waals surface area (Å²) in [7, 11) is 0. The van der Waals surface area contributed by atoms with Gasteiger partial charge in [-0.15, -0.1) is 0 Å². The number of aromatic nitrogens is 1. The van der Waals surface area contributed by atoms with Crippen LogP contribution < -0.4 is 14.1 Å². The van der Waals surface area contributed by atoms with Crippen molar-refractivity contribution in [3.8, 4) is 5.75 Å². The van der Waals surface area contributed by atoms with Gasteiger partial charge in [-0.2, -0.15) is 0 Å². The van der Waals surface area contributed by atoms with Crippen LogP contribution in [0.5, 0.6) is 5.75 Å². The minimum absolute atomic E-state index is 0.651. The molecule has 0 atom stereocenters. The van der Waals surface area contributed by atoms with E-state index in [0.29, 0.717) is 11.6 Å². The molecule has 0 unspecified atom stereocenters. The fraction of sp³-hybridized carbons (Fsp3) is 0.0952. The number of benzene rings is 2. The second-order valence-electron chi connectivity index (χ2n) is 5.72.